The van der Waals surface area contributed by atoms with Gasteiger partial charge in [-0.25, -0.2) is 0 Å². The first-order valence-electron chi connectivity index (χ1n) is 7.75. The van der Waals surface area contributed by atoms with Crippen LogP contribution in [0.5, 0.6) is 5.75 Å². The molecule has 1 aliphatic rings. The quantitative estimate of drug-likeness (QED) is 0.574. The number of fused-ring (bicyclic) bond motifs is 1. The van der Waals surface area contributed by atoms with Crippen LogP contribution >= 0.6 is 0 Å². The van der Waals surface area contributed by atoms with Crippen LogP contribution in [0.1, 0.15) is 13.3 Å². The summed E-state index contributed by atoms with van der Waals surface area (Å²) in [6.45, 7) is 1.47. The molecular formula is C16H19N3O6. The van der Waals surface area contributed by atoms with E-state index >= 15 is 0 Å². The summed E-state index contributed by atoms with van der Waals surface area (Å²) in [7, 11) is 0. The largest absolute Gasteiger partial charge is 0.478 e. The Kier molecular flexibility index (Phi) is 6.33. The van der Waals surface area contributed by atoms with E-state index in [0.29, 0.717) is 18.0 Å². The molecule has 0 saturated carbocycles. The number of amides is 3. The number of hydrogen-bond acceptors (Lipinski definition) is 6. The van der Waals surface area contributed by atoms with Crippen molar-refractivity contribution in [3.8, 4) is 5.75 Å². The average Bonchev–Trinajstić information content (AvgIpc) is 2.59. The summed E-state index contributed by atoms with van der Waals surface area (Å²) in [6.07, 6.45) is -1.36. The summed E-state index contributed by atoms with van der Waals surface area (Å²) in [5, 5.41) is 7.45. The van der Waals surface area contributed by atoms with Crippen molar-refractivity contribution in [1.82, 2.24) is 10.6 Å². The Morgan fingerprint density at radius 2 is 1.96 bits per heavy atom. The van der Waals surface area contributed by atoms with Crippen LogP contribution in [-0.2, 0) is 23.9 Å². The first-order chi connectivity index (χ1) is 12.0. The van der Waals surface area contributed by atoms with Crippen LogP contribution < -0.4 is 20.7 Å². The molecule has 0 radical (unpaired) electrons. The highest BCUT2D eigenvalue weighted by Gasteiger charge is 2.30. The molecule has 2 rings (SSSR count). The van der Waals surface area contributed by atoms with Gasteiger partial charge in [-0.05, 0) is 19.1 Å². The first kappa shape index (κ1) is 18.2. The molecule has 25 heavy (non-hydrogen) atoms. The number of carbonyl (C=O) groups excluding carboxylic acids is 4. The summed E-state index contributed by atoms with van der Waals surface area (Å²) in [6, 6.07) is 6.84. The molecule has 0 fully saturated rings. The highest BCUT2D eigenvalue weighted by Crippen LogP contribution is 2.29. The zero-order chi connectivity index (χ0) is 18.2. The van der Waals surface area contributed by atoms with Crippen LogP contribution in [0, 0.1) is 0 Å². The van der Waals surface area contributed by atoms with Gasteiger partial charge in [0.1, 0.15) is 5.75 Å². The molecule has 0 bridgehead atoms. The van der Waals surface area contributed by atoms with Crippen molar-refractivity contribution in [2.75, 3.05) is 25.0 Å². The first-order valence-corrected chi connectivity index (χ1v) is 7.75. The van der Waals surface area contributed by atoms with E-state index in [1.165, 1.54) is 0 Å². The van der Waals surface area contributed by atoms with Crippen molar-refractivity contribution in [3.05, 3.63) is 24.3 Å². The second-order valence-corrected chi connectivity index (χ2v) is 5.19. The normalized spacial score (nSPS) is 15.2. The number of nitrogens with one attached hydrogen (secondary N) is 3. The molecule has 3 amide bonds. The fraction of sp³-hybridized carbons (Fsp3) is 0.375. The zero-order valence-corrected chi connectivity index (χ0v) is 13.7. The standard InChI is InChI=1S/C16H19N3O6/c1-2-17-13(20)8-18-14(21)9-24-15(22)7-12-16(23)19-10-5-3-4-6-11(10)25-12/h3-6,12H,2,7-9H2,1H3,(H,17,20)(H,18,21)(H,19,23)/t12-/m0/s1. The minimum Gasteiger partial charge on any atom is -0.478 e. The van der Waals surface area contributed by atoms with Crippen LogP contribution in [-0.4, -0.2) is 49.5 Å². The van der Waals surface area contributed by atoms with Crippen molar-refractivity contribution in [1.29, 1.82) is 0 Å². The molecule has 1 aromatic carbocycles. The van der Waals surface area contributed by atoms with Gasteiger partial charge in [0.25, 0.3) is 11.8 Å². The van der Waals surface area contributed by atoms with Crippen molar-refractivity contribution in [2.24, 2.45) is 0 Å². The summed E-state index contributed by atoms with van der Waals surface area (Å²) in [5.74, 6) is -1.71. The molecule has 0 spiro atoms. The van der Waals surface area contributed by atoms with Crippen molar-refractivity contribution >= 4 is 29.4 Å². The average molecular weight is 349 g/mol. The van der Waals surface area contributed by atoms with Gasteiger partial charge in [0.05, 0.1) is 18.7 Å². The number of esters is 1. The smallest absolute Gasteiger partial charge is 0.310 e. The Bertz CT molecular complexity index is 676. The van der Waals surface area contributed by atoms with Gasteiger partial charge in [-0.2, -0.15) is 0 Å². The topological polar surface area (TPSA) is 123 Å². The molecule has 1 atom stereocenters. The van der Waals surface area contributed by atoms with Crippen LogP contribution in [0.4, 0.5) is 5.69 Å². The molecule has 0 saturated heterocycles. The highest BCUT2D eigenvalue weighted by molar-refractivity contribution is 5.99. The van der Waals surface area contributed by atoms with Crippen molar-refractivity contribution in [2.45, 2.75) is 19.4 Å². The van der Waals surface area contributed by atoms with E-state index in [0.717, 1.165) is 0 Å². The molecular weight excluding hydrogens is 330 g/mol. The number of rotatable bonds is 7. The zero-order valence-electron chi connectivity index (χ0n) is 13.7. The second kappa shape index (κ2) is 8.67. The Morgan fingerprint density at radius 3 is 2.72 bits per heavy atom. The molecule has 3 N–H and O–H groups in total. The number of para-hydroxylation sites is 2. The molecule has 9 heteroatoms. The van der Waals surface area contributed by atoms with E-state index < -0.39 is 30.5 Å². The lowest BCUT2D eigenvalue weighted by Gasteiger charge is -2.25. The second-order valence-electron chi connectivity index (χ2n) is 5.19. The number of likely N-dealkylation sites (N-methyl/N-ethyl adjacent to an activating group) is 1. The van der Waals surface area contributed by atoms with E-state index in [1.54, 1.807) is 31.2 Å². The van der Waals surface area contributed by atoms with Gasteiger partial charge in [-0.3, -0.25) is 19.2 Å². The van der Waals surface area contributed by atoms with Gasteiger partial charge in [0, 0.05) is 6.54 Å². The van der Waals surface area contributed by atoms with Gasteiger partial charge in [-0.15, -0.1) is 0 Å². The molecule has 1 heterocycles. The fourth-order valence-corrected chi connectivity index (χ4v) is 2.07. The van der Waals surface area contributed by atoms with Crippen molar-refractivity contribution in [3.63, 3.8) is 0 Å². The van der Waals surface area contributed by atoms with Gasteiger partial charge in [-0.1, -0.05) is 12.1 Å². The van der Waals surface area contributed by atoms with Crippen LogP contribution in [0.25, 0.3) is 0 Å². The Labute approximate surface area is 144 Å². The summed E-state index contributed by atoms with van der Waals surface area (Å²) < 4.78 is 10.3. The summed E-state index contributed by atoms with van der Waals surface area (Å²) >= 11 is 0. The maximum Gasteiger partial charge on any atom is 0.310 e. The third-order valence-corrected chi connectivity index (χ3v) is 3.24. The van der Waals surface area contributed by atoms with Gasteiger partial charge >= 0.3 is 5.97 Å². The molecule has 1 aliphatic heterocycles. The van der Waals surface area contributed by atoms with Gasteiger partial charge < -0.3 is 25.4 Å². The number of carbonyl (C=O) groups is 4. The molecule has 1 aromatic rings. The third kappa shape index (κ3) is 5.48. The number of hydrogen-bond donors (Lipinski definition) is 3. The van der Waals surface area contributed by atoms with Gasteiger partial charge in [0.15, 0.2) is 12.7 Å². The summed E-state index contributed by atoms with van der Waals surface area (Å²) in [4.78, 5) is 46.4. The number of ether oxygens (including phenoxy) is 2. The maximum absolute atomic E-state index is 11.9. The minimum absolute atomic E-state index is 0.199. The van der Waals surface area contributed by atoms with E-state index in [2.05, 4.69) is 16.0 Å². The fourth-order valence-electron chi connectivity index (χ4n) is 2.07. The Balaban J connectivity index is 1.74. The van der Waals surface area contributed by atoms with Gasteiger partial charge in [0.2, 0.25) is 5.91 Å². The van der Waals surface area contributed by atoms with Crippen LogP contribution in [0.15, 0.2) is 24.3 Å². The Hall–Kier alpha value is -3.10. The van der Waals surface area contributed by atoms with Crippen molar-refractivity contribution < 1.29 is 28.7 Å². The SMILES string of the molecule is CCNC(=O)CNC(=O)COC(=O)C[C@@H]1Oc2ccccc2NC1=O. The van der Waals surface area contributed by atoms with Crippen LogP contribution in [0.2, 0.25) is 0 Å². The van der Waals surface area contributed by atoms with Crippen LogP contribution in [0.3, 0.4) is 0 Å². The Morgan fingerprint density at radius 1 is 1.20 bits per heavy atom. The van der Waals surface area contributed by atoms with E-state index in [4.69, 9.17) is 9.47 Å². The predicted octanol–water partition coefficient (Wildman–Crippen LogP) is -0.428. The molecule has 0 aromatic heterocycles. The predicted molar refractivity (Wildman–Crippen MR) is 86.8 cm³/mol. The summed E-state index contributed by atoms with van der Waals surface area (Å²) in [5.41, 5.74) is 0.529. The van der Waals surface area contributed by atoms with E-state index in [9.17, 15) is 19.2 Å². The molecule has 134 valence electrons. The lowest BCUT2D eigenvalue weighted by Crippen LogP contribution is -2.40. The number of anilines is 1. The maximum atomic E-state index is 11.9. The minimum atomic E-state index is -1.03. The molecule has 0 unspecified atom stereocenters. The lowest BCUT2D eigenvalue weighted by atomic mass is 10.1. The van der Waals surface area contributed by atoms with E-state index in [-0.39, 0.29) is 18.9 Å². The molecule has 9 nitrogen and oxygen atoms in total. The number of benzene rings is 1. The highest BCUT2D eigenvalue weighted by atomic mass is 16.5. The molecule has 0 aliphatic carbocycles. The third-order valence-electron chi connectivity index (χ3n) is 3.24. The lowest BCUT2D eigenvalue weighted by molar-refractivity contribution is -0.151. The monoisotopic (exact) mass is 349 g/mol. The van der Waals surface area contributed by atoms with E-state index in [1.807, 2.05) is 0 Å².